The summed E-state index contributed by atoms with van der Waals surface area (Å²) in [5, 5.41) is 24.9. The van der Waals surface area contributed by atoms with E-state index in [1.165, 1.54) is 11.1 Å². The molecule has 0 unspecified atom stereocenters. The fourth-order valence-corrected chi connectivity index (χ4v) is 5.50. The molecule has 6 rings (SSSR count). The number of hydrogen-bond donors (Lipinski definition) is 4. The van der Waals surface area contributed by atoms with E-state index in [4.69, 9.17) is 0 Å². The molecule has 0 aliphatic heterocycles. The Balaban J connectivity index is 0.000000168. The molecule has 0 heterocycles. The van der Waals surface area contributed by atoms with Crippen molar-refractivity contribution in [2.45, 2.75) is 36.8 Å². The molecule has 4 aromatic rings. The van der Waals surface area contributed by atoms with Crippen LogP contribution in [-0.4, -0.2) is 35.2 Å². The molecule has 2 aliphatic rings. The number of carbonyl (C=O) groups excluding carboxylic acids is 2. The highest BCUT2D eigenvalue weighted by atomic mass is 16.3. The Morgan fingerprint density at radius 2 is 0.857 bits per heavy atom. The van der Waals surface area contributed by atoms with E-state index in [1.807, 2.05) is 97.1 Å². The summed E-state index contributed by atoms with van der Waals surface area (Å²) in [6.45, 7) is -0.170. The van der Waals surface area contributed by atoms with Gasteiger partial charge in [0, 0.05) is 11.8 Å². The molecule has 216 valence electrons. The van der Waals surface area contributed by atoms with Crippen LogP contribution in [0.25, 0.3) is 0 Å². The molecule has 2 amide bonds. The Morgan fingerprint density at radius 3 is 1.17 bits per heavy atom. The van der Waals surface area contributed by atoms with Gasteiger partial charge in [-0.3, -0.25) is 9.59 Å². The zero-order valence-corrected chi connectivity index (χ0v) is 23.6. The molecule has 0 saturated heterocycles. The molecular weight excluding hydrogens is 524 g/mol. The summed E-state index contributed by atoms with van der Waals surface area (Å²) in [7, 11) is 0. The topological polar surface area (TPSA) is 98.7 Å². The van der Waals surface area contributed by atoms with Gasteiger partial charge in [-0.2, -0.15) is 0 Å². The lowest BCUT2D eigenvalue weighted by Crippen LogP contribution is -2.32. The van der Waals surface area contributed by atoms with Crippen molar-refractivity contribution < 1.29 is 19.8 Å². The largest absolute Gasteiger partial charge is 0.394 e. The van der Waals surface area contributed by atoms with E-state index in [1.54, 1.807) is 0 Å². The van der Waals surface area contributed by atoms with Crippen LogP contribution < -0.4 is 10.6 Å². The summed E-state index contributed by atoms with van der Waals surface area (Å²) < 4.78 is 0. The van der Waals surface area contributed by atoms with Crippen molar-refractivity contribution in [3.8, 4) is 0 Å². The van der Waals surface area contributed by atoms with E-state index < -0.39 is 0 Å². The number of rotatable bonds is 10. The minimum Gasteiger partial charge on any atom is -0.394 e. The van der Waals surface area contributed by atoms with Crippen molar-refractivity contribution in [1.29, 1.82) is 0 Å². The van der Waals surface area contributed by atoms with Crippen LogP contribution in [0, 0.1) is 11.8 Å². The molecule has 42 heavy (non-hydrogen) atoms. The van der Waals surface area contributed by atoms with Crippen LogP contribution in [0.5, 0.6) is 0 Å². The van der Waals surface area contributed by atoms with Gasteiger partial charge in [0.15, 0.2) is 0 Å². The van der Waals surface area contributed by atoms with Crippen molar-refractivity contribution in [3.63, 3.8) is 0 Å². The molecule has 6 nitrogen and oxygen atoms in total. The van der Waals surface area contributed by atoms with Crippen LogP contribution in [0.15, 0.2) is 121 Å². The molecule has 2 saturated carbocycles. The van der Waals surface area contributed by atoms with Gasteiger partial charge in [0.05, 0.1) is 25.3 Å². The van der Waals surface area contributed by atoms with Gasteiger partial charge in [-0.05, 0) is 46.9 Å². The van der Waals surface area contributed by atoms with Gasteiger partial charge in [0.25, 0.3) is 0 Å². The second kappa shape index (κ2) is 14.1. The van der Waals surface area contributed by atoms with Crippen molar-refractivity contribution in [1.82, 2.24) is 10.6 Å². The molecule has 6 atom stereocenters. The van der Waals surface area contributed by atoms with Gasteiger partial charge in [-0.25, -0.2) is 0 Å². The lowest BCUT2D eigenvalue weighted by atomic mass is 10.1. The summed E-state index contributed by atoms with van der Waals surface area (Å²) in [4.78, 5) is 24.6. The van der Waals surface area contributed by atoms with Crippen molar-refractivity contribution in [2.75, 3.05) is 13.2 Å². The monoisotopic (exact) mass is 562 g/mol. The fourth-order valence-electron chi connectivity index (χ4n) is 5.50. The van der Waals surface area contributed by atoms with Gasteiger partial charge < -0.3 is 20.8 Å². The van der Waals surface area contributed by atoms with Crippen LogP contribution in [0.3, 0.4) is 0 Å². The predicted octanol–water partition coefficient (Wildman–Crippen LogP) is 5.28. The third kappa shape index (κ3) is 7.52. The van der Waals surface area contributed by atoms with Gasteiger partial charge in [-0.1, -0.05) is 121 Å². The number of hydrogen-bond acceptors (Lipinski definition) is 4. The summed E-state index contributed by atoms with van der Waals surface area (Å²) in [5.41, 5.74) is 4.31. The van der Waals surface area contributed by atoms with Crippen molar-refractivity contribution in [3.05, 3.63) is 144 Å². The SMILES string of the molecule is O=C(N[C@@H](CO)c1ccccc1)[C@@H]1C[C@H]1c1ccccc1.O=C(N[C@@H](CO)c1ccccc1)[C@H]1C[C@@H]1c1ccccc1. The second-order valence-corrected chi connectivity index (χ2v) is 11.0. The van der Waals surface area contributed by atoms with Gasteiger partial charge in [-0.15, -0.1) is 0 Å². The Bertz CT molecular complexity index is 1310. The smallest absolute Gasteiger partial charge is 0.224 e. The van der Waals surface area contributed by atoms with Crippen molar-refractivity contribution in [2.24, 2.45) is 11.8 Å². The van der Waals surface area contributed by atoms with Crippen LogP contribution in [0.2, 0.25) is 0 Å². The zero-order valence-electron chi connectivity index (χ0n) is 23.6. The van der Waals surface area contributed by atoms with E-state index >= 15 is 0 Å². The number of carbonyl (C=O) groups is 2. The standard InChI is InChI=1S/2C18H19NO2/c2*20-12-17(14-9-5-2-6-10-14)19-18(21)16-11-15(16)13-7-3-1-4-8-13/h2*1-10,15-17,20H,11-12H2,(H,19,21)/t15-,16+,17+;15-,16+,17-/m10/s1. The fraction of sp³-hybridized carbons (Fsp3) is 0.278. The Labute approximate surface area is 247 Å². The number of aliphatic hydroxyl groups excluding tert-OH is 2. The molecule has 0 aromatic heterocycles. The Hall–Kier alpha value is -4.26. The first kappa shape index (κ1) is 29.2. The zero-order chi connectivity index (χ0) is 29.3. The van der Waals surface area contributed by atoms with Crippen molar-refractivity contribution >= 4 is 11.8 Å². The van der Waals surface area contributed by atoms with Gasteiger partial charge in [0.2, 0.25) is 11.8 Å². The average Bonchev–Trinajstić information content (AvgIpc) is 3.99. The maximum Gasteiger partial charge on any atom is 0.224 e. The molecule has 0 spiro atoms. The molecule has 0 bridgehead atoms. The molecule has 6 heteroatoms. The van der Waals surface area contributed by atoms with Crippen LogP contribution >= 0.6 is 0 Å². The lowest BCUT2D eigenvalue weighted by molar-refractivity contribution is -0.124. The number of benzene rings is 4. The maximum absolute atomic E-state index is 12.3. The highest BCUT2D eigenvalue weighted by molar-refractivity contribution is 5.84. The normalized spacial score (nSPS) is 21.6. The summed E-state index contributed by atoms with van der Waals surface area (Å²) in [6, 6.07) is 38.8. The van der Waals surface area contributed by atoms with E-state index in [-0.39, 0.29) is 48.9 Å². The number of aliphatic hydroxyl groups is 2. The predicted molar refractivity (Wildman–Crippen MR) is 163 cm³/mol. The van der Waals surface area contributed by atoms with E-state index in [9.17, 15) is 19.8 Å². The number of amides is 2. The highest BCUT2D eigenvalue weighted by Crippen LogP contribution is 2.48. The van der Waals surface area contributed by atoms with Gasteiger partial charge in [0.1, 0.15) is 0 Å². The molecule has 0 radical (unpaired) electrons. The molecule has 2 fully saturated rings. The quantitative estimate of drug-likeness (QED) is 0.211. The maximum atomic E-state index is 12.3. The van der Waals surface area contributed by atoms with E-state index in [0.29, 0.717) is 11.8 Å². The first-order valence-corrected chi connectivity index (χ1v) is 14.6. The molecule has 4 N–H and O–H groups in total. The number of nitrogens with one attached hydrogen (secondary N) is 2. The lowest BCUT2D eigenvalue weighted by Gasteiger charge is -2.16. The first-order chi connectivity index (χ1) is 20.6. The Kier molecular flexibility index (Phi) is 9.80. The van der Waals surface area contributed by atoms with Crippen LogP contribution in [-0.2, 0) is 9.59 Å². The third-order valence-electron chi connectivity index (χ3n) is 8.11. The Morgan fingerprint density at radius 1 is 0.548 bits per heavy atom. The highest BCUT2D eigenvalue weighted by Gasteiger charge is 2.45. The van der Waals surface area contributed by atoms with E-state index in [0.717, 1.165) is 24.0 Å². The van der Waals surface area contributed by atoms with E-state index in [2.05, 4.69) is 34.9 Å². The van der Waals surface area contributed by atoms with Gasteiger partial charge >= 0.3 is 0 Å². The second-order valence-electron chi connectivity index (χ2n) is 11.0. The van der Waals surface area contributed by atoms with Crippen LogP contribution in [0.4, 0.5) is 0 Å². The molecule has 2 aliphatic carbocycles. The molecule has 4 aromatic carbocycles. The minimum atomic E-state index is -0.323. The first-order valence-electron chi connectivity index (χ1n) is 14.6. The van der Waals surface area contributed by atoms with Crippen LogP contribution in [0.1, 0.15) is 59.0 Å². The minimum absolute atomic E-state index is 0.0326. The summed E-state index contributed by atoms with van der Waals surface area (Å²) in [6.07, 6.45) is 1.78. The third-order valence-corrected chi connectivity index (χ3v) is 8.11. The summed E-state index contributed by atoms with van der Waals surface area (Å²) in [5.74, 6) is 0.775. The molecular formula is C36H38N2O4. The summed E-state index contributed by atoms with van der Waals surface area (Å²) >= 11 is 0. The average molecular weight is 563 g/mol.